The first-order valence-corrected chi connectivity index (χ1v) is 13.5. The van der Waals surface area contributed by atoms with Gasteiger partial charge in [-0.2, -0.15) is 9.97 Å². The van der Waals surface area contributed by atoms with Crippen LogP contribution in [0.1, 0.15) is 49.4 Å². The molecule has 2 amide bonds. The molecule has 38 heavy (non-hydrogen) atoms. The van der Waals surface area contributed by atoms with E-state index in [4.69, 9.17) is 15.2 Å². The SMILES string of the molecule is CCCCOc1nc(N)c2c(n1)N1CCCN(C(=O)c3ccc(OCCN4CCCC4)nc3)CC1C(=O)N2. The van der Waals surface area contributed by atoms with Crippen molar-refractivity contribution in [2.24, 2.45) is 0 Å². The molecular formula is C26H36N8O4. The molecule has 3 aliphatic heterocycles. The molecule has 12 nitrogen and oxygen atoms in total. The fraction of sp³-hybridized carbons (Fsp3) is 0.577. The summed E-state index contributed by atoms with van der Waals surface area (Å²) in [4.78, 5) is 45.5. The van der Waals surface area contributed by atoms with Crippen LogP contribution < -0.4 is 25.4 Å². The number of ether oxygens (including phenoxy) is 2. The Balaban J connectivity index is 1.24. The summed E-state index contributed by atoms with van der Waals surface area (Å²) < 4.78 is 11.4. The van der Waals surface area contributed by atoms with Crippen LogP contribution in [0.25, 0.3) is 0 Å². The molecule has 0 radical (unpaired) electrons. The summed E-state index contributed by atoms with van der Waals surface area (Å²) >= 11 is 0. The number of nitrogen functional groups attached to an aromatic ring is 1. The van der Waals surface area contributed by atoms with Crippen LogP contribution in [0.15, 0.2) is 18.3 Å². The first-order valence-electron chi connectivity index (χ1n) is 13.5. The molecular weight excluding hydrogens is 488 g/mol. The fourth-order valence-corrected chi connectivity index (χ4v) is 5.06. The Hall–Kier alpha value is -3.67. The third-order valence-corrected chi connectivity index (χ3v) is 7.17. The maximum atomic E-state index is 13.4. The van der Waals surface area contributed by atoms with E-state index in [1.807, 2.05) is 4.90 Å². The van der Waals surface area contributed by atoms with Crippen molar-refractivity contribution in [3.8, 4) is 11.9 Å². The number of carbonyl (C=O) groups is 2. The summed E-state index contributed by atoms with van der Waals surface area (Å²) in [6, 6.07) is 3.04. The van der Waals surface area contributed by atoms with Gasteiger partial charge in [-0.05, 0) is 44.8 Å². The Morgan fingerprint density at radius 2 is 1.95 bits per heavy atom. The number of pyridine rings is 1. The van der Waals surface area contributed by atoms with Gasteiger partial charge in [0.1, 0.15) is 18.3 Å². The highest BCUT2D eigenvalue weighted by molar-refractivity contribution is 6.06. The van der Waals surface area contributed by atoms with E-state index in [0.717, 1.165) is 32.5 Å². The zero-order valence-corrected chi connectivity index (χ0v) is 21.9. The van der Waals surface area contributed by atoms with E-state index in [-0.39, 0.29) is 30.2 Å². The van der Waals surface area contributed by atoms with Gasteiger partial charge in [-0.15, -0.1) is 0 Å². The number of anilines is 3. The molecule has 3 aliphatic rings. The van der Waals surface area contributed by atoms with Gasteiger partial charge in [0.05, 0.1) is 18.7 Å². The number of likely N-dealkylation sites (tertiary alicyclic amines) is 1. The Kier molecular flexibility index (Phi) is 8.06. The molecule has 204 valence electrons. The van der Waals surface area contributed by atoms with Gasteiger partial charge in [-0.25, -0.2) is 4.98 Å². The van der Waals surface area contributed by atoms with Crippen molar-refractivity contribution in [2.75, 3.05) is 68.4 Å². The predicted octanol–water partition coefficient (Wildman–Crippen LogP) is 1.78. The monoisotopic (exact) mass is 524 g/mol. The maximum absolute atomic E-state index is 13.4. The molecule has 0 spiro atoms. The lowest BCUT2D eigenvalue weighted by molar-refractivity contribution is -0.117. The molecule has 2 aromatic rings. The van der Waals surface area contributed by atoms with Gasteiger partial charge in [-0.3, -0.25) is 14.5 Å². The number of nitrogens with one attached hydrogen (secondary N) is 1. The number of hydrogen-bond donors (Lipinski definition) is 2. The largest absolute Gasteiger partial charge is 0.476 e. The van der Waals surface area contributed by atoms with Crippen LogP contribution in [0.2, 0.25) is 0 Å². The quantitative estimate of drug-likeness (QED) is 0.467. The van der Waals surface area contributed by atoms with E-state index >= 15 is 0 Å². The molecule has 1 unspecified atom stereocenters. The van der Waals surface area contributed by atoms with Crippen LogP contribution >= 0.6 is 0 Å². The molecule has 0 aliphatic carbocycles. The lowest BCUT2D eigenvalue weighted by Gasteiger charge is -2.36. The van der Waals surface area contributed by atoms with Crippen LogP contribution in [0, 0.1) is 0 Å². The molecule has 3 N–H and O–H groups in total. The van der Waals surface area contributed by atoms with E-state index < -0.39 is 6.04 Å². The molecule has 12 heteroatoms. The predicted molar refractivity (Wildman–Crippen MR) is 143 cm³/mol. The number of aromatic nitrogens is 3. The third-order valence-electron chi connectivity index (χ3n) is 7.17. The number of rotatable bonds is 9. The second kappa shape index (κ2) is 11.8. The average molecular weight is 525 g/mol. The number of hydrogen-bond acceptors (Lipinski definition) is 10. The normalized spacial score (nSPS) is 19.4. The first-order chi connectivity index (χ1) is 18.5. The van der Waals surface area contributed by atoms with Crippen molar-refractivity contribution in [3.63, 3.8) is 0 Å². The summed E-state index contributed by atoms with van der Waals surface area (Å²) in [5.41, 5.74) is 6.98. The van der Waals surface area contributed by atoms with Crippen LogP contribution in [0.3, 0.4) is 0 Å². The Labute approximate surface area is 222 Å². The number of unbranched alkanes of at least 4 members (excludes halogenated alkanes) is 1. The molecule has 2 aromatic heterocycles. The Morgan fingerprint density at radius 1 is 1.11 bits per heavy atom. The van der Waals surface area contributed by atoms with Gasteiger partial charge in [-0.1, -0.05) is 13.3 Å². The van der Waals surface area contributed by atoms with Gasteiger partial charge in [0.15, 0.2) is 11.6 Å². The summed E-state index contributed by atoms with van der Waals surface area (Å²) in [6.07, 6.45) is 6.55. The fourth-order valence-electron chi connectivity index (χ4n) is 5.06. The maximum Gasteiger partial charge on any atom is 0.320 e. The molecule has 2 fully saturated rings. The summed E-state index contributed by atoms with van der Waals surface area (Å²) in [6.45, 7) is 7.52. The summed E-state index contributed by atoms with van der Waals surface area (Å²) in [7, 11) is 0. The summed E-state index contributed by atoms with van der Waals surface area (Å²) in [5.74, 6) is 0.777. The molecule has 0 bridgehead atoms. The van der Waals surface area contributed by atoms with Crippen molar-refractivity contribution in [2.45, 2.75) is 45.1 Å². The minimum atomic E-state index is -0.604. The summed E-state index contributed by atoms with van der Waals surface area (Å²) in [5, 5.41) is 2.84. The van der Waals surface area contributed by atoms with E-state index in [0.29, 0.717) is 55.7 Å². The van der Waals surface area contributed by atoms with Crippen molar-refractivity contribution in [3.05, 3.63) is 23.9 Å². The molecule has 2 saturated heterocycles. The smallest absolute Gasteiger partial charge is 0.320 e. The highest BCUT2D eigenvalue weighted by Gasteiger charge is 2.39. The zero-order chi connectivity index (χ0) is 26.5. The van der Waals surface area contributed by atoms with Crippen LogP contribution in [-0.2, 0) is 4.79 Å². The number of carbonyl (C=O) groups excluding carboxylic acids is 2. The average Bonchev–Trinajstić information content (AvgIpc) is 3.33. The van der Waals surface area contributed by atoms with Crippen molar-refractivity contribution in [1.29, 1.82) is 0 Å². The first kappa shape index (κ1) is 26.0. The lowest BCUT2D eigenvalue weighted by Crippen LogP contribution is -2.53. The number of nitrogens with two attached hydrogens (primary N) is 1. The molecule has 0 aromatic carbocycles. The minimum Gasteiger partial charge on any atom is -0.476 e. The van der Waals surface area contributed by atoms with Gasteiger partial charge < -0.3 is 30.3 Å². The second-order valence-electron chi connectivity index (χ2n) is 9.88. The van der Waals surface area contributed by atoms with Gasteiger partial charge >= 0.3 is 6.01 Å². The van der Waals surface area contributed by atoms with Gasteiger partial charge in [0.2, 0.25) is 11.8 Å². The van der Waals surface area contributed by atoms with Crippen molar-refractivity contribution < 1.29 is 19.1 Å². The number of fused-ring (bicyclic) bond motifs is 3. The van der Waals surface area contributed by atoms with Crippen LogP contribution in [0.5, 0.6) is 11.9 Å². The van der Waals surface area contributed by atoms with E-state index in [1.54, 1.807) is 23.2 Å². The lowest BCUT2D eigenvalue weighted by atomic mass is 10.1. The number of nitrogens with zero attached hydrogens (tertiary/aromatic N) is 6. The van der Waals surface area contributed by atoms with Crippen molar-refractivity contribution >= 4 is 29.1 Å². The van der Waals surface area contributed by atoms with Crippen LogP contribution in [-0.4, -0.2) is 95.1 Å². The standard InChI is InChI=1S/C26H36N8O4/c1-2-3-14-38-26-30-22(27)21-23(31-26)34-12-6-11-33(17-19(34)24(35)29-21)25(36)18-7-8-20(28-16-18)37-15-13-32-9-4-5-10-32/h7-8,16,19H,2-6,9-15,17H2,1H3,(H,29,35)(H2,27,30,31). The Bertz CT molecular complexity index is 1140. The highest BCUT2D eigenvalue weighted by Crippen LogP contribution is 2.36. The molecule has 0 saturated carbocycles. The Morgan fingerprint density at radius 3 is 2.71 bits per heavy atom. The van der Waals surface area contributed by atoms with E-state index in [1.165, 1.54) is 12.8 Å². The van der Waals surface area contributed by atoms with E-state index in [9.17, 15) is 9.59 Å². The van der Waals surface area contributed by atoms with Gasteiger partial charge in [0.25, 0.3) is 5.91 Å². The highest BCUT2D eigenvalue weighted by atomic mass is 16.5. The van der Waals surface area contributed by atoms with E-state index in [2.05, 4.69) is 32.1 Å². The minimum absolute atomic E-state index is 0.166. The second-order valence-corrected chi connectivity index (χ2v) is 9.88. The van der Waals surface area contributed by atoms with Crippen LogP contribution in [0.4, 0.5) is 17.3 Å². The zero-order valence-electron chi connectivity index (χ0n) is 21.9. The third kappa shape index (κ3) is 5.74. The van der Waals surface area contributed by atoms with Crippen molar-refractivity contribution in [1.82, 2.24) is 24.8 Å². The molecule has 5 rings (SSSR count). The molecule has 5 heterocycles. The van der Waals surface area contributed by atoms with Gasteiger partial charge in [0, 0.05) is 31.9 Å². The topological polar surface area (TPSA) is 139 Å². The molecule has 1 atom stereocenters. The number of amides is 2.